The first-order valence-corrected chi connectivity index (χ1v) is 9.83. The van der Waals surface area contributed by atoms with Crippen molar-refractivity contribution < 1.29 is 14.3 Å². The van der Waals surface area contributed by atoms with E-state index in [-0.39, 0.29) is 11.9 Å². The Hall–Kier alpha value is -3.28. The second kappa shape index (κ2) is 8.39. The van der Waals surface area contributed by atoms with Crippen LogP contribution < -0.4 is 14.8 Å². The summed E-state index contributed by atoms with van der Waals surface area (Å²) in [5.74, 6) is 1.68. The molecule has 0 spiro atoms. The number of hydrogen-bond donors (Lipinski definition) is 1. The summed E-state index contributed by atoms with van der Waals surface area (Å²) >= 11 is 0. The Morgan fingerprint density at radius 3 is 2.72 bits per heavy atom. The predicted molar refractivity (Wildman–Crippen MR) is 111 cm³/mol. The van der Waals surface area contributed by atoms with E-state index in [1.54, 1.807) is 11.8 Å². The van der Waals surface area contributed by atoms with Crippen molar-refractivity contribution in [1.29, 1.82) is 0 Å². The lowest BCUT2D eigenvalue weighted by atomic mass is 9.95. The number of carbonyl (C=O) groups is 1. The number of aromatic nitrogens is 2. The monoisotopic (exact) mass is 391 g/mol. The van der Waals surface area contributed by atoms with Gasteiger partial charge in [0.2, 0.25) is 5.91 Å². The highest BCUT2D eigenvalue weighted by Gasteiger charge is 2.23. The van der Waals surface area contributed by atoms with E-state index in [0.717, 1.165) is 40.3 Å². The van der Waals surface area contributed by atoms with Crippen LogP contribution >= 0.6 is 0 Å². The molecule has 2 heterocycles. The van der Waals surface area contributed by atoms with Crippen LogP contribution in [0.25, 0.3) is 11.1 Å². The van der Waals surface area contributed by atoms with Gasteiger partial charge in [0.05, 0.1) is 25.5 Å². The molecule has 0 radical (unpaired) electrons. The smallest absolute Gasteiger partial charge is 0.222 e. The predicted octanol–water partition coefficient (Wildman–Crippen LogP) is 3.90. The van der Waals surface area contributed by atoms with Crippen LogP contribution in [0.4, 0.5) is 0 Å². The number of nitrogens with one attached hydrogen (secondary N) is 1. The van der Waals surface area contributed by atoms with Gasteiger partial charge in [-0.15, -0.1) is 0 Å². The minimum Gasteiger partial charge on any atom is -0.497 e. The number of aryl methyl sites for hydroxylation is 2. The Morgan fingerprint density at radius 1 is 1.21 bits per heavy atom. The number of benzene rings is 2. The maximum absolute atomic E-state index is 12.5. The third-order valence-corrected chi connectivity index (χ3v) is 5.15. The van der Waals surface area contributed by atoms with Crippen molar-refractivity contribution in [2.75, 3.05) is 13.7 Å². The van der Waals surface area contributed by atoms with Crippen molar-refractivity contribution in [2.45, 2.75) is 32.4 Å². The van der Waals surface area contributed by atoms with Gasteiger partial charge in [-0.3, -0.25) is 9.48 Å². The summed E-state index contributed by atoms with van der Waals surface area (Å²) in [7, 11) is 1.66. The standard InChI is InChI=1S/C23H25N3O3/c1-16-9-12-26(25-16)13-10-23(27)24-21-11-14-29-22-8-5-18(15-20(21)22)17-3-6-19(28-2)7-4-17/h3-9,12,15,21H,10-11,13-14H2,1-2H3,(H,24,27). The molecule has 1 unspecified atom stereocenters. The highest BCUT2D eigenvalue weighted by molar-refractivity contribution is 5.77. The van der Waals surface area contributed by atoms with Crippen molar-refractivity contribution in [2.24, 2.45) is 0 Å². The van der Waals surface area contributed by atoms with Crippen LogP contribution in [-0.4, -0.2) is 29.4 Å². The fourth-order valence-corrected chi connectivity index (χ4v) is 3.58. The minimum absolute atomic E-state index is 0.0193. The first-order chi connectivity index (χ1) is 14.1. The van der Waals surface area contributed by atoms with Crippen LogP contribution in [0, 0.1) is 6.92 Å². The lowest BCUT2D eigenvalue weighted by molar-refractivity contribution is -0.122. The number of fused-ring (bicyclic) bond motifs is 1. The van der Waals surface area contributed by atoms with E-state index < -0.39 is 0 Å². The number of ether oxygens (including phenoxy) is 2. The van der Waals surface area contributed by atoms with E-state index in [1.807, 2.05) is 55.6 Å². The van der Waals surface area contributed by atoms with Gasteiger partial charge in [-0.25, -0.2) is 0 Å². The average molecular weight is 391 g/mol. The number of hydrogen-bond acceptors (Lipinski definition) is 4. The Morgan fingerprint density at radius 2 is 2.00 bits per heavy atom. The zero-order valence-electron chi connectivity index (χ0n) is 16.7. The van der Waals surface area contributed by atoms with Crippen molar-refractivity contribution in [3.05, 3.63) is 66.0 Å². The highest BCUT2D eigenvalue weighted by atomic mass is 16.5. The van der Waals surface area contributed by atoms with Crippen LogP contribution in [0.3, 0.4) is 0 Å². The van der Waals surface area contributed by atoms with Crippen LogP contribution in [0.5, 0.6) is 11.5 Å². The van der Waals surface area contributed by atoms with E-state index in [4.69, 9.17) is 9.47 Å². The quantitative estimate of drug-likeness (QED) is 0.692. The number of nitrogens with zero attached hydrogens (tertiary/aromatic N) is 2. The van der Waals surface area contributed by atoms with Crippen LogP contribution in [0.2, 0.25) is 0 Å². The lowest BCUT2D eigenvalue weighted by Gasteiger charge is -2.27. The van der Waals surface area contributed by atoms with Gasteiger partial charge in [0.25, 0.3) is 0 Å². The van der Waals surface area contributed by atoms with Gasteiger partial charge >= 0.3 is 0 Å². The number of rotatable bonds is 6. The van der Waals surface area contributed by atoms with Gasteiger partial charge < -0.3 is 14.8 Å². The third kappa shape index (κ3) is 4.42. The van der Waals surface area contributed by atoms with Crippen molar-refractivity contribution in [1.82, 2.24) is 15.1 Å². The molecule has 0 saturated carbocycles. The van der Waals surface area contributed by atoms with Crippen LogP contribution in [0.1, 0.15) is 30.1 Å². The molecule has 1 aliphatic heterocycles. The van der Waals surface area contributed by atoms with Crippen LogP contribution in [0.15, 0.2) is 54.7 Å². The fraction of sp³-hybridized carbons (Fsp3) is 0.304. The van der Waals surface area contributed by atoms with Crippen molar-refractivity contribution in [3.8, 4) is 22.6 Å². The molecule has 1 N–H and O–H groups in total. The number of carbonyl (C=O) groups excluding carboxylic acids is 1. The first kappa shape index (κ1) is 19.1. The molecular formula is C23H25N3O3. The molecule has 1 amide bonds. The summed E-state index contributed by atoms with van der Waals surface area (Å²) in [5.41, 5.74) is 4.16. The molecule has 1 aliphatic rings. The lowest BCUT2D eigenvalue weighted by Crippen LogP contribution is -2.32. The topological polar surface area (TPSA) is 65.4 Å². The SMILES string of the molecule is COc1ccc(-c2ccc3c(c2)C(NC(=O)CCn2ccc(C)n2)CCO3)cc1. The third-order valence-electron chi connectivity index (χ3n) is 5.15. The number of methoxy groups -OCH3 is 1. The van der Waals surface area contributed by atoms with Gasteiger partial charge in [0.1, 0.15) is 11.5 Å². The van der Waals surface area contributed by atoms with Gasteiger partial charge in [0, 0.05) is 31.1 Å². The number of amides is 1. The summed E-state index contributed by atoms with van der Waals surface area (Å²) in [6.07, 6.45) is 3.05. The molecule has 3 aromatic rings. The molecular weight excluding hydrogens is 366 g/mol. The summed E-state index contributed by atoms with van der Waals surface area (Å²) < 4.78 is 12.8. The van der Waals surface area contributed by atoms with Crippen LogP contribution in [-0.2, 0) is 11.3 Å². The Labute approximate surface area is 170 Å². The van der Waals surface area contributed by atoms with Gasteiger partial charge in [-0.05, 0) is 48.4 Å². The molecule has 6 nitrogen and oxygen atoms in total. The minimum atomic E-state index is -0.0520. The van der Waals surface area contributed by atoms with Gasteiger partial charge in [-0.2, -0.15) is 5.10 Å². The maximum Gasteiger partial charge on any atom is 0.222 e. The highest BCUT2D eigenvalue weighted by Crippen LogP contribution is 2.35. The molecule has 1 atom stereocenters. The zero-order chi connectivity index (χ0) is 20.2. The molecule has 4 rings (SSSR count). The molecule has 0 bridgehead atoms. The fourth-order valence-electron chi connectivity index (χ4n) is 3.58. The summed E-state index contributed by atoms with van der Waals surface area (Å²) in [4.78, 5) is 12.5. The molecule has 0 fully saturated rings. The Kier molecular flexibility index (Phi) is 5.51. The van der Waals surface area contributed by atoms with E-state index in [0.29, 0.717) is 19.6 Å². The van der Waals surface area contributed by atoms with Crippen molar-refractivity contribution >= 4 is 5.91 Å². The van der Waals surface area contributed by atoms with Gasteiger partial charge in [-0.1, -0.05) is 18.2 Å². The summed E-state index contributed by atoms with van der Waals surface area (Å²) in [6.45, 7) is 3.11. The van der Waals surface area contributed by atoms with E-state index in [1.165, 1.54) is 0 Å². The molecule has 6 heteroatoms. The normalized spacial score (nSPS) is 15.3. The average Bonchev–Trinajstić information content (AvgIpc) is 3.17. The zero-order valence-corrected chi connectivity index (χ0v) is 16.7. The van der Waals surface area contributed by atoms with Gasteiger partial charge in [0.15, 0.2) is 0 Å². The molecule has 0 saturated heterocycles. The van der Waals surface area contributed by atoms with E-state index >= 15 is 0 Å². The molecule has 1 aromatic heterocycles. The second-order valence-corrected chi connectivity index (χ2v) is 7.21. The Balaban J connectivity index is 1.48. The molecule has 0 aliphatic carbocycles. The van der Waals surface area contributed by atoms with E-state index in [9.17, 15) is 4.79 Å². The molecule has 29 heavy (non-hydrogen) atoms. The Bertz CT molecular complexity index is 995. The maximum atomic E-state index is 12.5. The summed E-state index contributed by atoms with van der Waals surface area (Å²) in [5, 5.41) is 7.50. The van der Waals surface area contributed by atoms with Crippen molar-refractivity contribution in [3.63, 3.8) is 0 Å². The largest absolute Gasteiger partial charge is 0.497 e. The molecule has 150 valence electrons. The van der Waals surface area contributed by atoms with E-state index in [2.05, 4.69) is 16.5 Å². The second-order valence-electron chi connectivity index (χ2n) is 7.21. The molecule has 2 aromatic carbocycles. The first-order valence-electron chi connectivity index (χ1n) is 9.83. The summed E-state index contributed by atoms with van der Waals surface area (Å²) in [6, 6.07) is 16.0.